The number of benzene rings is 3. The van der Waals surface area contributed by atoms with Gasteiger partial charge in [0.05, 0.1) is 32.6 Å². The van der Waals surface area contributed by atoms with Crippen LogP contribution >= 0.6 is 0 Å². The summed E-state index contributed by atoms with van der Waals surface area (Å²) < 4.78 is 17.9. The molecule has 1 aliphatic heterocycles. The largest absolute Gasteiger partial charge is 0.497 e. The third kappa shape index (κ3) is 4.58. The number of allylic oxidation sites excluding steroid dienone is 1. The second kappa shape index (κ2) is 10.1. The predicted molar refractivity (Wildman–Crippen MR) is 141 cm³/mol. The maximum absolute atomic E-state index is 13.8. The summed E-state index contributed by atoms with van der Waals surface area (Å²) in [6, 6.07) is 21.9. The molecular weight excluding hydrogens is 470 g/mol. The molecule has 1 aliphatic rings. The van der Waals surface area contributed by atoms with Crippen molar-refractivity contribution in [2.45, 2.75) is 13.0 Å². The molecule has 9 heteroatoms. The van der Waals surface area contributed by atoms with Gasteiger partial charge >= 0.3 is 0 Å². The Kier molecular flexibility index (Phi) is 6.51. The Morgan fingerprint density at radius 1 is 0.919 bits per heavy atom. The SMILES string of the molecule is COc1ccc(C2C(C(=O)Nc3ccccc3OC)=C(C)Nc3nc(-c4cccc(OC)c4)nn32)cc1. The molecule has 2 heterocycles. The van der Waals surface area contributed by atoms with Gasteiger partial charge in [-0.2, -0.15) is 4.98 Å². The van der Waals surface area contributed by atoms with E-state index in [0.717, 1.165) is 11.1 Å². The van der Waals surface area contributed by atoms with E-state index in [4.69, 9.17) is 24.3 Å². The summed E-state index contributed by atoms with van der Waals surface area (Å²) >= 11 is 0. The highest BCUT2D eigenvalue weighted by Crippen LogP contribution is 2.38. The lowest BCUT2D eigenvalue weighted by Gasteiger charge is -2.29. The van der Waals surface area contributed by atoms with Gasteiger partial charge in [-0.25, -0.2) is 4.68 Å². The third-order valence-corrected chi connectivity index (χ3v) is 6.21. The van der Waals surface area contributed by atoms with Gasteiger partial charge in [0.1, 0.15) is 23.3 Å². The molecular formula is C28H27N5O4. The Hall–Kier alpha value is -4.79. The number of amides is 1. The van der Waals surface area contributed by atoms with Gasteiger partial charge in [0.2, 0.25) is 5.95 Å². The standard InChI is InChI=1S/C28H27N5O4/c1-17-24(27(34)30-22-10-5-6-11-23(22)37-4)25(18-12-14-20(35-2)15-13-18)33-28(29-17)31-26(32-33)19-8-7-9-21(16-19)36-3/h5-16,25H,1-4H3,(H,30,34)(H,29,31,32). The molecule has 37 heavy (non-hydrogen) atoms. The van der Waals surface area contributed by atoms with Gasteiger partial charge in [0.25, 0.3) is 5.91 Å². The van der Waals surface area contributed by atoms with Crippen molar-refractivity contribution in [3.8, 4) is 28.6 Å². The molecule has 1 unspecified atom stereocenters. The molecule has 1 amide bonds. The highest BCUT2D eigenvalue weighted by atomic mass is 16.5. The molecule has 0 saturated carbocycles. The molecule has 4 aromatic rings. The van der Waals surface area contributed by atoms with Gasteiger partial charge in [0, 0.05) is 11.3 Å². The number of ether oxygens (including phenoxy) is 3. The number of carbonyl (C=O) groups is 1. The van der Waals surface area contributed by atoms with E-state index >= 15 is 0 Å². The summed E-state index contributed by atoms with van der Waals surface area (Å²) in [5, 5.41) is 11.1. The lowest BCUT2D eigenvalue weighted by atomic mass is 9.95. The van der Waals surface area contributed by atoms with E-state index in [-0.39, 0.29) is 5.91 Å². The summed E-state index contributed by atoms with van der Waals surface area (Å²) in [6.07, 6.45) is 0. The fourth-order valence-electron chi connectivity index (χ4n) is 4.36. The van der Waals surface area contributed by atoms with Gasteiger partial charge in [-0.3, -0.25) is 4.79 Å². The normalized spacial score (nSPS) is 14.4. The van der Waals surface area contributed by atoms with Crippen molar-refractivity contribution >= 4 is 17.5 Å². The second-order valence-electron chi connectivity index (χ2n) is 8.43. The average Bonchev–Trinajstić information content (AvgIpc) is 3.36. The zero-order chi connectivity index (χ0) is 25.9. The minimum atomic E-state index is -0.538. The number of rotatable bonds is 7. The number of hydrogen-bond acceptors (Lipinski definition) is 7. The average molecular weight is 498 g/mol. The van der Waals surface area contributed by atoms with E-state index < -0.39 is 6.04 Å². The minimum Gasteiger partial charge on any atom is -0.497 e. The van der Waals surface area contributed by atoms with Gasteiger partial charge in [0.15, 0.2) is 5.82 Å². The Bertz CT molecular complexity index is 1480. The van der Waals surface area contributed by atoms with Crippen molar-refractivity contribution in [1.82, 2.24) is 14.8 Å². The molecule has 0 fully saturated rings. The number of hydrogen-bond donors (Lipinski definition) is 2. The first-order valence-corrected chi connectivity index (χ1v) is 11.7. The van der Waals surface area contributed by atoms with E-state index in [2.05, 4.69) is 10.6 Å². The molecule has 3 aromatic carbocycles. The molecule has 0 radical (unpaired) electrons. The summed E-state index contributed by atoms with van der Waals surface area (Å²) in [7, 11) is 4.80. The third-order valence-electron chi connectivity index (χ3n) is 6.21. The maximum atomic E-state index is 13.8. The second-order valence-corrected chi connectivity index (χ2v) is 8.43. The number of methoxy groups -OCH3 is 3. The molecule has 188 valence electrons. The highest BCUT2D eigenvalue weighted by Gasteiger charge is 2.34. The Morgan fingerprint density at radius 3 is 2.41 bits per heavy atom. The van der Waals surface area contributed by atoms with Crippen LogP contribution in [-0.2, 0) is 4.79 Å². The lowest BCUT2D eigenvalue weighted by Crippen LogP contribution is -2.31. The molecule has 5 rings (SSSR count). The fraction of sp³-hybridized carbons (Fsp3) is 0.179. The van der Waals surface area contributed by atoms with Crippen molar-refractivity contribution < 1.29 is 19.0 Å². The van der Waals surface area contributed by atoms with Gasteiger partial charge in [-0.05, 0) is 48.9 Å². The van der Waals surface area contributed by atoms with Gasteiger partial charge in [-0.15, -0.1) is 5.10 Å². The molecule has 0 saturated heterocycles. The van der Waals surface area contributed by atoms with E-state index in [1.54, 1.807) is 38.1 Å². The molecule has 0 bridgehead atoms. The molecule has 1 atom stereocenters. The summed E-state index contributed by atoms with van der Waals surface area (Å²) in [5.74, 6) is 2.76. The number of carbonyl (C=O) groups excluding carboxylic acids is 1. The number of anilines is 2. The van der Waals surface area contributed by atoms with Crippen LogP contribution in [0.2, 0.25) is 0 Å². The predicted octanol–water partition coefficient (Wildman–Crippen LogP) is 4.90. The summed E-state index contributed by atoms with van der Waals surface area (Å²) in [4.78, 5) is 18.5. The van der Waals surface area contributed by atoms with E-state index in [1.807, 2.05) is 67.6 Å². The Morgan fingerprint density at radius 2 is 1.68 bits per heavy atom. The first-order chi connectivity index (χ1) is 18.0. The zero-order valence-electron chi connectivity index (χ0n) is 21.0. The van der Waals surface area contributed by atoms with Crippen LogP contribution < -0.4 is 24.8 Å². The monoisotopic (exact) mass is 497 g/mol. The number of aromatic nitrogens is 3. The molecule has 9 nitrogen and oxygen atoms in total. The van der Waals surface area contributed by atoms with Crippen LogP contribution in [0.15, 0.2) is 84.1 Å². The van der Waals surface area contributed by atoms with Gasteiger partial charge < -0.3 is 24.8 Å². The first kappa shape index (κ1) is 23.9. The lowest BCUT2D eigenvalue weighted by molar-refractivity contribution is -0.113. The number of nitrogens with one attached hydrogen (secondary N) is 2. The van der Waals surface area contributed by atoms with Crippen molar-refractivity contribution in [2.75, 3.05) is 32.0 Å². The highest BCUT2D eigenvalue weighted by molar-refractivity contribution is 6.06. The Labute approximate surface area is 214 Å². The van der Waals surface area contributed by atoms with Crippen LogP contribution in [-0.4, -0.2) is 42.0 Å². The molecule has 2 N–H and O–H groups in total. The maximum Gasteiger partial charge on any atom is 0.255 e. The fourth-order valence-corrected chi connectivity index (χ4v) is 4.36. The topological polar surface area (TPSA) is 99.5 Å². The molecule has 0 spiro atoms. The van der Waals surface area contributed by atoms with E-state index in [1.165, 1.54) is 0 Å². The summed E-state index contributed by atoms with van der Waals surface area (Å²) in [6.45, 7) is 1.86. The van der Waals surface area contributed by atoms with E-state index in [0.29, 0.717) is 46.0 Å². The quantitative estimate of drug-likeness (QED) is 0.375. The number of fused-ring (bicyclic) bond motifs is 1. The minimum absolute atomic E-state index is 0.278. The molecule has 0 aliphatic carbocycles. The molecule has 1 aromatic heterocycles. The zero-order valence-corrected chi connectivity index (χ0v) is 21.0. The first-order valence-electron chi connectivity index (χ1n) is 11.7. The van der Waals surface area contributed by atoms with E-state index in [9.17, 15) is 4.79 Å². The van der Waals surface area contributed by atoms with Crippen LogP contribution in [0, 0.1) is 0 Å². The smallest absolute Gasteiger partial charge is 0.255 e. The van der Waals surface area contributed by atoms with Crippen LogP contribution in [0.25, 0.3) is 11.4 Å². The number of para-hydroxylation sites is 2. The van der Waals surface area contributed by atoms with Crippen molar-refractivity contribution in [1.29, 1.82) is 0 Å². The van der Waals surface area contributed by atoms with Gasteiger partial charge in [-0.1, -0.05) is 36.4 Å². The van der Waals surface area contributed by atoms with Crippen molar-refractivity contribution in [3.63, 3.8) is 0 Å². The Balaban J connectivity index is 1.59. The van der Waals surface area contributed by atoms with Crippen molar-refractivity contribution in [3.05, 3.63) is 89.6 Å². The van der Waals surface area contributed by atoms with Crippen LogP contribution in [0.4, 0.5) is 11.6 Å². The van der Waals surface area contributed by atoms with Crippen molar-refractivity contribution in [2.24, 2.45) is 0 Å². The van der Waals surface area contributed by atoms with Crippen LogP contribution in [0.1, 0.15) is 18.5 Å². The van der Waals surface area contributed by atoms with Crippen LogP contribution in [0.3, 0.4) is 0 Å². The number of nitrogens with zero attached hydrogens (tertiary/aromatic N) is 3. The summed E-state index contributed by atoms with van der Waals surface area (Å²) in [5.41, 5.74) is 3.41. The van der Waals surface area contributed by atoms with Crippen LogP contribution in [0.5, 0.6) is 17.2 Å².